The molecule has 1 aliphatic heterocycles. The summed E-state index contributed by atoms with van der Waals surface area (Å²) in [7, 11) is 0. The van der Waals surface area contributed by atoms with Crippen LogP contribution in [0.15, 0.2) is 90.2 Å². The third-order valence-corrected chi connectivity index (χ3v) is 9.44. The van der Waals surface area contributed by atoms with Crippen molar-refractivity contribution in [1.82, 2.24) is 20.1 Å². The van der Waals surface area contributed by atoms with E-state index >= 15 is 0 Å². The zero-order valence-electron chi connectivity index (χ0n) is 25.0. The molecule has 1 N–H and O–H groups in total. The lowest BCUT2D eigenvalue weighted by molar-refractivity contribution is -0.274. The summed E-state index contributed by atoms with van der Waals surface area (Å²) in [5, 5.41) is 9.88. The molecule has 1 aliphatic carbocycles. The fraction of sp³-hybridized carbons (Fsp3) is 0.324. The molecule has 0 saturated heterocycles. The van der Waals surface area contributed by atoms with E-state index in [9.17, 15) is 18.0 Å². The Morgan fingerprint density at radius 1 is 1.04 bits per heavy atom. The highest BCUT2D eigenvalue weighted by Crippen LogP contribution is 2.41. The molecule has 3 atom stereocenters. The van der Waals surface area contributed by atoms with Crippen molar-refractivity contribution < 1.29 is 22.7 Å². The lowest BCUT2D eigenvalue weighted by Crippen LogP contribution is -2.43. The number of benzene rings is 3. The second-order valence-corrected chi connectivity index (χ2v) is 12.4. The predicted molar refractivity (Wildman–Crippen MR) is 170 cm³/mol. The summed E-state index contributed by atoms with van der Waals surface area (Å²) in [6, 6.07) is 22.0. The zero-order chi connectivity index (χ0) is 31.6. The lowest BCUT2D eigenvalue weighted by atomic mass is 9.94. The number of ether oxygens (including phenoxy) is 1. The molecular weight excluding hydrogens is 599 g/mol. The molecule has 0 bridgehead atoms. The first-order valence-corrected chi connectivity index (χ1v) is 16.0. The van der Waals surface area contributed by atoms with Crippen LogP contribution in [0.1, 0.15) is 56.6 Å². The van der Waals surface area contributed by atoms with Gasteiger partial charge in [-0.2, -0.15) is 0 Å². The molecule has 11 heteroatoms. The average molecular weight is 634 g/mol. The van der Waals surface area contributed by atoms with Gasteiger partial charge in [-0.25, -0.2) is 9.67 Å². The first-order chi connectivity index (χ1) is 21.7. The molecule has 0 radical (unpaired) electrons. The van der Waals surface area contributed by atoms with Crippen LogP contribution in [-0.2, 0) is 11.2 Å². The summed E-state index contributed by atoms with van der Waals surface area (Å²) in [5.74, 6) is 1.02. The first kappa shape index (κ1) is 30.8. The van der Waals surface area contributed by atoms with Crippen LogP contribution in [0.2, 0.25) is 0 Å². The number of alkyl halides is 3. The Balaban J connectivity index is 1.03. The van der Waals surface area contributed by atoms with Crippen LogP contribution >= 0.6 is 11.8 Å². The number of halogens is 3. The highest BCUT2D eigenvalue weighted by molar-refractivity contribution is 8.03. The van der Waals surface area contributed by atoms with Crippen LogP contribution in [0.5, 0.6) is 5.75 Å². The van der Waals surface area contributed by atoms with E-state index in [0.717, 1.165) is 42.6 Å². The van der Waals surface area contributed by atoms with Crippen LogP contribution in [0.4, 0.5) is 18.9 Å². The van der Waals surface area contributed by atoms with Crippen LogP contribution in [0.25, 0.3) is 17.1 Å². The van der Waals surface area contributed by atoms with E-state index in [0.29, 0.717) is 29.8 Å². The Labute approximate surface area is 264 Å². The highest BCUT2D eigenvalue weighted by atomic mass is 32.2. The van der Waals surface area contributed by atoms with Crippen molar-refractivity contribution in [2.45, 2.75) is 63.7 Å². The fourth-order valence-electron chi connectivity index (χ4n) is 6.17. The topological polar surface area (TPSA) is 72.3 Å². The van der Waals surface area contributed by atoms with Crippen molar-refractivity contribution in [3.8, 4) is 22.8 Å². The van der Waals surface area contributed by atoms with Crippen molar-refractivity contribution >= 4 is 23.4 Å². The van der Waals surface area contributed by atoms with Crippen LogP contribution in [-0.4, -0.2) is 32.5 Å². The number of para-hydroxylation sites is 1. The number of carbonyl (C=O) groups is 1. The summed E-state index contributed by atoms with van der Waals surface area (Å²) in [5.41, 5.74) is 6.03. The van der Waals surface area contributed by atoms with Gasteiger partial charge in [0.2, 0.25) is 5.91 Å². The van der Waals surface area contributed by atoms with Gasteiger partial charge in [-0.15, -0.1) is 18.3 Å². The van der Waals surface area contributed by atoms with Gasteiger partial charge in [-0.05, 0) is 91.3 Å². The normalized spacial score (nSPS) is 19.9. The summed E-state index contributed by atoms with van der Waals surface area (Å²) in [6.07, 6.45) is 1.24. The van der Waals surface area contributed by atoms with E-state index in [1.807, 2.05) is 18.2 Å². The van der Waals surface area contributed by atoms with Crippen molar-refractivity contribution in [1.29, 1.82) is 0 Å². The van der Waals surface area contributed by atoms with Gasteiger partial charge in [0.15, 0.2) is 11.3 Å². The molecule has 7 nitrogen and oxygen atoms in total. The van der Waals surface area contributed by atoms with Crippen LogP contribution in [0, 0.1) is 5.92 Å². The van der Waals surface area contributed by atoms with Gasteiger partial charge >= 0.3 is 6.36 Å². The maximum atomic E-state index is 13.2. The molecule has 4 aromatic rings. The first-order valence-electron chi connectivity index (χ1n) is 15.0. The number of thioether (sulfide) groups is 1. The van der Waals surface area contributed by atoms with Gasteiger partial charge in [-0.1, -0.05) is 61.2 Å². The minimum absolute atomic E-state index is 0.0831. The molecule has 2 heterocycles. The van der Waals surface area contributed by atoms with Gasteiger partial charge in [-0.3, -0.25) is 4.79 Å². The molecule has 1 fully saturated rings. The van der Waals surface area contributed by atoms with E-state index in [-0.39, 0.29) is 17.2 Å². The summed E-state index contributed by atoms with van der Waals surface area (Å²) in [6.45, 7) is 4.23. The molecule has 3 aromatic carbocycles. The van der Waals surface area contributed by atoms with Gasteiger partial charge in [0.05, 0.1) is 5.69 Å². The standard InChI is InChI=1S/C34H34F3N5O2S/c1-3-24-6-4-5-7-30(24)42-22(2)20-45-33(42)39-31(43)19-23-8-9-27(18-23)25-10-12-26(13-11-25)32-38-21-41(40-32)28-14-16-29(17-15-28)44-34(35,36)37/h4-7,10-17,20-21,23,27,33H,3,8-9,18-19H2,1-2H3,(H,39,43). The Morgan fingerprint density at radius 2 is 1.80 bits per heavy atom. The second kappa shape index (κ2) is 13.0. The van der Waals surface area contributed by atoms with Crippen LogP contribution < -0.4 is 15.0 Å². The SMILES string of the molecule is CCc1ccccc1N1C(C)=CSC1NC(=O)CC1CCC(c2ccc(-c3ncn(-c4ccc(OC(F)(F)F)cc4)n3)cc2)C1. The molecule has 6 rings (SSSR count). The number of carbonyl (C=O) groups excluding carboxylic acids is 1. The van der Waals surface area contributed by atoms with Crippen molar-refractivity contribution in [2.75, 3.05) is 4.90 Å². The molecule has 1 aromatic heterocycles. The molecule has 234 valence electrons. The average Bonchev–Trinajstić information content (AvgIpc) is 3.78. The molecule has 0 spiro atoms. The van der Waals surface area contributed by atoms with Gasteiger partial charge in [0.1, 0.15) is 12.1 Å². The number of aromatic nitrogens is 3. The molecule has 3 unspecified atom stereocenters. The molecular formula is C34H34F3N5O2S. The monoisotopic (exact) mass is 633 g/mol. The van der Waals surface area contributed by atoms with Gasteiger partial charge in [0, 0.05) is 23.4 Å². The van der Waals surface area contributed by atoms with Crippen molar-refractivity contribution in [2.24, 2.45) is 5.92 Å². The minimum atomic E-state index is -4.74. The Morgan fingerprint density at radius 3 is 2.53 bits per heavy atom. The van der Waals surface area contributed by atoms with Gasteiger partial charge in [0.25, 0.3) is 0 Å². The summed E-state index contributed by atoms with van der Waals surface area (Å²) in [4.78, 5) is 19.8. The maximum absolute atomic E-state index is 13.2. The Kier molecular flexibility index (Phi) is 8.89. The molecule has 1 amide bonds. The van der Waals surface area contributed by atoms with E-state index < -0.39 is 6.36 Å². The molecule has 2 aliphatic rings. The van der Waals surface area contributed by atoms with E-state index in [4.69, 9.17) is 0 Å². The summed E-state index contributed by atoms with van der Waals surface area (Å²) < 4.78 is 42.8. The van der Waals surface area contributed by atoms with Crippen molar-refractivity contribution in [3.63, 3.8) is 0 Å². The molecule has 45 heavy (non-hydrogen) atoms. The third kappa shape index (κ3) is 7.19. The lowest BCUT2D eigenvalue weighted by Gasteiger charge is -2.30. The number of hydrogen-bond acceptors (Lipinski definition) is 6. The number of rotatable bonds is 9. The highest BCUT2D eigenvalue weighted by Gasteiger charge is 2.32. The second-order valence-electron chi connectivity index (χ2n) is 11.4. The van der Waals surface area contributed by atoms with E-state index in [1.165, 1.54) is 46.4 Å². The maximum Gasteiger partial charge on any atom is 0.573 e. The number of allylic oxidation sites excluding steroid dienone is 1. The smallest absolute Gasteiger partial charge is 0.406 e. The number of nitrogens with one attached hydrogen (secondary N) is 1. The largest absolute Gasteiger partial charge is 0.573 e. The van der Waals surface area contributed by atoms with E-state index in [1.54, 1.807) is 11.8 Å². The molecule has 1 saturated carbocycles. The quantitative estimate of drug-likeness (QED) is 0.200. The van der Waals surface area contributed by atoms with E-state index in [2.05, 4.69) is 74.6 Å². The number of hydrogen-bond donors (Lipinski definition) is 1. The minimum Gasteiger partial charge on any atom is -0.406 e. The number of amides is 1. The predicted octanol–water partition coefficient (Wildman–Crippen LogP) is 8.18. The van der Waals surface area contributed by atoms with Crippen molar-refractivity contribution in [3.05, 3.63) is 101 Å². The number of aryl methyl sites for hydroxylation is 1. The van der Waals surface area contributed by atoms with Gasteiger partial charge < -0.3 is 15.0 Å². The number of anilines is 1. The third-order valence-electron chi connectivity index (χ3n) is 8.38. The Hall–Kier alpha value is -4.25. The summed E-state index contributed by atoms with van der Waals surface area (Å²) >= 11 is 1.64. The zero-order valence-corrected chi connectivity index (χ0v) is 25.8. The number of nitrogens with zero attached hydrogens (tertiary/aromatic N) is 4. The fourth-order valence-corrected chi connectivity index (χ4v) is 7.21. The van der Waals surface area contributed by atoms with Crippen LogP contribution in [0.3, 0.4) is 0 Å². The Bertz CT molecular complexity index is 1670.